The van der Waals surface area contributed by atoms with Crippen molar-refractivity contribution in [1.82, 2.24) is 9.80 Å². The van der Waals surface area contributed by atoms with Crippen LogP contribution in [-0.2, 0) is 11.2 Å². The molecule has 0 unspecified atom stereocenters. The van der Waals surface area contributed by atoms with Gasteiger partial charge in [0.1, 0.15) is 5.75 Å². The molecule has 0 saturated carbocycles. The van der Waals surface area contributed by atoms with Gasteiger partial charge in [-0.3, -0.25) is 9.69 Å². The molecule has 4 nitrogen and oxygen atoms in total. The van der Waals surface area contributed by atoms with Crippen molar-refractivity contribution in [3.05, 3.63) is 29.8 Å². The van der Waals surface area contributed by atoms with Crippen LogP contribution in [0.15, 0.2) is 24.3 Å². The van der Waals surface area contributed by atoms with Crippen LogP contribution in [0.3, 0.4) is 0 Å². The Hall–Kier alpha value is -1.55. The van der Waals surface area contributed by atoms with Crippen LogP contribution in [0.1, 0.15) is 51.0 Å². The van der Waals surface area contributed by atoms with E-state index < -0.39 is 0 Å². The van der Waals surface area contributed by atoms with Gasteiger partial charge in [0.2, 0.25) is 5.91 Å². The van der Waals surface area contributed by atoms with E-state index in [4.69, 9.17) is 4.74 Å². The molecule has 26 heavy (non-hydrogen) atoms. The molecule has 4 heteroatoms. The molecule has 0 aliphatic carbocycles. The molecule has 3 rings (SSSR count). The van der Waals surface area contributed by atoms with Crippen LogP contribution in [0, 0.1) is 5.92 Å². The summed E-state index contributed by atoms with van der Waals surface area (Å²) >= 11 is 0. The molecule has 1 amide bonds. The molecule has 144 valence electrons. The lowest BCUT2D eigenvalue weighted by atomic mass is 9.90. The lowest BCUT2D eigenvalue weighted by Crippen LogP contribution is -2.45. The predicted octanol–water partition coefficient (Wildman–Crippen LogP) is 3.74. The molecule has 0 aromatic heterocycles. The van der Waals surface area contributed by atoms with Crippen LogP contribution in [0.5, 0.6) is 5.75 Å². The summed E-state index contributed by atoms with van der Waals surface area (Å²) in [5.41, 5.74) is 1.40. The Kier molecular flexibility index (Phi) is 7.36. The zero-order chi connectivity index (χ0) is 18.2. The summed E-state index contributed by atoms with van der Waals surface area (Å²) in [7, 11) is 0. The number of nitrogens with zero attached hydrogens (tertiary/aromatic N) is 2. The molecule has 2 heterocycles. The Labute approximate surface area is 158 Å². The lowest BCUT2D eigenvalue weighted by Gasteiger charge is -2.34. The van der Waals surface area contributed by atoms with E-state index in [0.29, 0.717) is 12.5 Å². The summed E-state index contributed by atoms with van der Waals surface area (Å²) in [4.78, 5) is 16.8. The summed E-state index contributed by atoms with van der Waals surface area (Å²) in [5.74, 6) is 2.10. The van der Waals surface area contributed by atoms with E-state index in [1.165, 1.54) is 44.1 Å². The van der Waals surface area contributed by atoms with E-state index in [9.17, 15) is 4.79 Å². The highest BCUT2D eigenvalue weighted by atomic mass is 16.5. The van der Waals surface area contributed by atoms with Crippen LogP contribution < -0.4 is 4.74 Å². The second-order valence-corrected chi connectivity index (χ2v) is 7.78. The Morgan fingerprint density at radius 1 is 1.04 bits per heavy atom. The molecule has 1 aromatic rings. The summed E-state index contributed by atoms with van der Waals surface area (Å²) < 4.78 is 5.51. The van der Waals surface area contributed by atoms with E-state index in [1.807, 2.05) is 6.92 Å². The van der Waals surface area contributed by atoms with Crippen molar-refractivity contribution in [1.29, 1.82) is 0 Å². The number of piperidine rings is 2. The molecule has 2 aliphatic rings. The van der Waals surface area contributed by atoms with E-state index >= 15 is 0 Å². The van der Waals surface area contributed by atoms with Gasteiger partial charge < -0.3 is 9.64 Å². The van der Waals surface area contributed by atoms with Crippen molar-refractivity contribution in [2.45, 2.75) is 51.9 Å². The number of likely N-dealkylation sites (tertiary alicyclic amines) is 2. The first-order valence-electron chi connectivity index (χ1n) is 10.5. The van der Waals surface area contributed by atoms with Gasteiger partial charge in [-0.1, -0.05) is 12.1 Å². The van der Waals surface area contributed by atoms with Gasteiger partial charge in [0.25, 0.3) is 0 Å². The summed E-state index contributed by atoms with van der Waals surface area (Å²) in [5, 5.41) is 0. The molecule has 0 atom stereocenters. The Balaban J connectivity index is 1.35. The zero-order valence-electron chi connectivity index (χ0n) is 16.3. The number of ether oxygens (including phenoxy) is 1. The Morgan fingerprint density at radius 2 is 1.73 bits per heavy atom. The first kappa shape index (κ1) is 19.2. The Morgan fingerprint density at radius 3 is 2.38 bits per heavy atom. The van der Waals surface area contributed by atoms with E-state index in [-0.39, 0.29) is 0 Å². The van der Waals surface area contributed by atoms with Gasteiger partial charge in [-0.2, -0.15) is 0 Å². The van der Waals surface area contributed by atoms with Crippen LogP contribution in [0.25, 0.3) is 0 Å². The topological polar surface area (TPSA) is 32.8 Å². The van der Waals surface area contributed by atoms with E-state index in [0.717, 1.165) is 50.9 Å². The molecule has 2 saturated heterocycles. The van der Waals surface area contributed by atoms with Gasteiger partial charge in [-0.15, -0.1) is 0 Å². The molecule has 0 spiro atoms. The van der Waals surface area contributed by atoms with Crippen molar-refractivity contribution in [2.75, 3.05) is 39.3 Å². The van der Waals surface area contributed by atoms with Gasteiger partial charge in [0.15, 0.2) is 0 Å². The van der Waals surface area contributed by atoms with Gasteiger partial charge in [-0.25, -0.2) is 0 Å². The van der Waals surface area contributed by atoms with Gasteiger partial charge in [0.05, 0.1) is 13.2 Å². The highest BCUT2D eigenvalue weighted by molar-refractivity contribution is 5.78. The third-order valence-electron chi connectivity index (χ3n) is 5.85. The number of benzene rings is 1. The summed E-state index contributed by atoms with van der Waals surface area (Å²) in [6.07, 6.45) is 8.49. The Bertz CT molecular complexity index is 544. The maximum atomic E-state index is 12.4. The average molecular weight is 359 g/mol. The largest absolute Gasteiger partial charge is 0.494 e. The SMILES string of the molecule is CCOc1ccc(CCC2CCN(CC(=O)N3CCCCC3)CC2)cc1. The van der Waals surface area contributed by atoms with E-state index in [1.54, 1.807) is 0 Å². The number of hydrogen-bond donors (Lipinski definition) is 0. The fourth-order valence-electron chi connectivity index (χ4n) is 4.16. The molecule has 2 fully saturated rings. The first-order chi connectivity index (χ1) is 12.7. The van der Waals surface area contributed by atoms with E-state index in [2.05, 4.69) is 34.1 Å². The fraction of sp³-hybridized carbons (Fsp3) is 0.682. The second kappa shape index (κ2) is 9.96. The van der Waals surface area contributed by atoms with Crippen LogP contribution in [-0.4, -0.2) is 55.0 Å². The molecule has 0 N–H and O–H groups in total. The number of aryl methyl sites for hydroxylation is 1. The average Bonchev–Trinajstić information content (AvgIpc) is 2.69. The minimum atomic E-state index is 0.345. The van der Waals surface area contributed by atoms with Crippen molar-refractivity contribution in [3.63, 3.8) is 0 Å². The third-order valence-corrected chi connectivity index (χ3v) is 5.85. The van der Waals surface area contributed by atoms with Crippen molar-refractivity contribution in [3.8, 4) is 5.75 Å². The maximum Gasteiger partial charge on any atom is 0.236 e. The third kappa shape index (κ3) is 5.73. The summed E-state index contributed by atoms with van der Waals surface area (Å²) in [6, 6.07) is 8.54. The normalized spacial score (nSPS) is 19.5. The smallest absolute Gasteiger partial charge is 0.236 e. The standard InChI is InChI=1S/C22H34N2O2/c1-2-26-21-10-8-19(9-11-21)6-7-20-12-16-23(17-13-20)18-22(25)24-14-4-3-5-15-24/h8-11,20H,2-7,12-18H2,1H3. The highest BCUT2D eigenvalue weighted by Gasteiger charge is 2.23. The molecule has 0 radical (unpaired) electrons. The van der Waals surface area contributed by atoms with Crippen molar-refractivity contribution in [2.24, 2.45) is 5.92 Å². The minimum Gasteiger partial charge on any atom is -0.494 e. The summed E-state index contributed by atoms with van der Waals surface area (Å²) in [6.45, 7) is 7.46. The van der Waals surface area contributed by atoms with Gasteiger partial charge >= 0.3 is 0 Å². The van der Waals surface area contributed by atoms with Crippen LogP contribution in [0.2, 0.25) is 0 Å². The van der Waals surface area contributed by atoms with Crippen LogP contribution >= 0.6 is 0 Å². The minimum absolute atomic E-state index is 0.345. The fourth-order valence-corrected chi connectivity index (χ4v) is 4.16. The molecule has 2 aliphatic heterocycles. The van der Waals surface area contributed by atoms with Gasteiger partial charge in [0, 0.05) is 13.1 Å². The number of carbonyl (C=O) groups excluding carboxylic acids is 1. The number of hydrogen-bond acceptors (Lipinski definition) is 3. The lowest BCUT2D eigenvalue weighted by molar-refractivity contribution is -0.133. The predicted molar refractivity (Wildman–Crippen MR) is 106 cm³/mol. The maximum absolute atomic E-state index is 12.4. The van der Waals surface area contributed by atoms with Gasteiger partial charge in [-0.05, 0) is 88.6 Å². The molecule has 1 aromatic carbocycles. The molecule has 0 bridgehead atoms. The molecular weight excluding hydrogens is 324 g/mol. The second-order valence-electron chi connectivity index (χ2n) is 7.78. The number of carbonyl (C=O) groups is 1. The quantitative estimate of drug-likeness (QED) is 0.744. The molecular formula is C22H34N2O2. The number of amides is 1. The number of rotatable bonds is 7. The van der Waals surface area contributed by atoms with Crippen LogP contribution in [0.4, 0.5) is 0 Å². The van der Waals surface area contributed by atoms with Crippen molar-refractivity contribution >= 4 is 5.91 Å². The zero-order valence-corrected chi connectivity index (χ0v) is 16.3. The van der Waals surface area contributed by atoms with Crippen molar-refractivity contribution < 1.29 is 9.53 Å². The highest BCUT2D eigenvalue weighted by Crippen LogP contribution is 2.23. The monoisotopic (exact) mass is 358 g/mol. The first-order valence-corrected chi connectivity index (χ1v) is 10.5.